The number of hydrogen-bond donors (Lipinski definition) is 1. The summed E-state index contributed by atoms with van der Waals surface area (Å²) in [4.78, 5) is 12.4. The molecule has 0 spiro atoms. The zero-order chi connectivity index (χ0) is 17.4. The summed E-state index contributed by atoms with van der Waals surface area (Å²) in [5, 5.41) is 13.4. The van der Waals surface area contributed by atoms with E-state index in [-0.39, 0.29) is 5.91 Å². The van der Waals surface area contributed by atoms with Crippen LogP contribution in [0.5, 0.6) is 0 Å². The van der Waals surface area contributed by atoms with E-state index in [2.05, 4.69) is 16.0 Å². The first kappa shape index (κ1) is 15.5. The van der Waals surface area contributed by atoms with Crippen LogP contribution in [0.3, 0.4) is 0 Å². The summed E-state index contributed by atoms with van der Waals surface area (Å²) in [6, 6.07) is 15.5. The summed E-state index contributed by atoms with van der Waals surface area (Å²) in [6.07, 6.45) is 4.32. The maximum atomic E-state index is 12.4. The van der Waals surface area contributed by atoms with Crippen molar-refractivity contribution in [2.24, 2.45) is 0 Å². The van der Waals surface area contributed by atoms with Crippen molar-refractivity contribution in [2.45, 2.75) is 13.0 Å². The SMILES string of the molecule is N#CCCn1cc(/C=C2\C(=O)Nc3ccc(Cl)cc32)c2ccccc21. The molecule has 4 rings (SSSR count). The van der Waals surface area contributed by atoms with Gasteiger partial charge in [-0.25, -0.2) is 0 Å². The predicted octanol–water partition coefficient (Wildman–Crippen LogP) is 4.70. The van der Waals surface area contributed by atoms with Crippen LogP contribution < -0.4 is 5.32 Å². The standard InChI is InChI=1S/C20H14ClN3O/c21-14-6-7-18-16(11-14)17(20(25)23-18)10-13-12-24(9-3-8-22)19-5-2-1-4-15(13)19/h1-2,4-7,10-12H,3,9H2,(H,23,25)/b17-10-. The molecule has 1 aliphatic rings. The smallest absolute Gasteiger partial charge is 0.256 e. The number of rotatable bonds is 3. The normalized spacial score (nSPS) is 14.6. The molecule has 0 aliphatic carbocycles. The number of carbonyl (C=O) groups is 1. The minimum Gasteiger partial charge on any atom is -0.346 e. The van der Waals surface area contributed by atoms with Crippen LogP contribution in [0, 0.1) is 11.3 Å². The number of halogens is 1. The van der Waals surface area contributed by atoms with E-state index in [1.165, 1.54) is 0 Å². The number of nitrogens with one attached hydrogen (secondary N) is 1. The van der Waals surface area contributed by atoms with Gasteiger partial charge in [0.05, 0.1) is 12.5 Å². The molecule has 0 atom stereocenters. The van der Waals surface area contributed by atoms with E-state index < -0.39 is 0 Å². The quantitative estimate of drug-likeness (QED) is 0.698. The first-order valence-electron chi connectivity index (χ1n) is 7.95. The van der Waals surface area contributed by atoms with Crippen molar-refractivity contribution in [3.05, 3.63) is 64.8 Å². The predicted molar refractivity (Wildman–Crippen MR) is 100 cm³/mol. The summed E-state index contributed by atoms with van der Waals surface area (Å²) in [5.74, 6) is -0.133. The Morgan fingerprint density at radius 2 is 2.08 bits per heavy atom. The molecular formula is C20H14ClN3O. The van der Waals surface area contributed by atoms with Crippen LogP contribution in [-0.2, 0) is 11.3 Å². The van der Waals surface area contributed by atoms with Gasteiger partial charge in [0.15, 0.2) is 0 Å². The van der Waals surface area contributed by atoms with Crippen molar-refractivity contribution >= 4 is 45.7 Å². The second-order valence-electron chi connectivity index (χ2n) is 5.91. The van der Waals surface area contributed by atoms with Crippen molar-refractivity contribution in [3.63, 3.8) is 0 Å². The van der Waals surface area contributed by atoms with E-state index in [1.807, 2.05) is 42.6 Å². The second kappa shape index (κ2) is 6.12. The Hall–Kier alpha value is -3.03. The van der Waals surface area contributed by atoms with Crippen LogP contribution in [0.4, 0.5) is 5.69 Å². The molecule has 1 aliphatic heterocycles. The lowest BCUT2D eigenvalue weighted by molar-refractivity contribution is -0.110. The van der Waals surface area contributed by atoms with Crippen LogP contribution in [0.25, 0.3) is 22.6 Å². The van der Waals surface area contributed by atoms with E-state index in [0.29, 0.717) is 23.6 Å². The Morgan fingerprint density at radius 1 is 1.24 bits per heavy atom. The number of aromatic nitrogens is 1. The molecule has 3 aromatic rings. The average Bonchev–Trinajstić information content (AvgIpc) is 3.12. The number of amides is 1. The van der Waals surface area contributed by atoms with Gasteiger partial charge in [0.2, 0.25) is 0 Å². The highest BCUT2D eigenvalue weighted by Gasteiger charge is 2.24. The van der Waals surface area contributed by atoms with Gasteiger partial charge in [-0.2, -0.15) is 5.26 Å². The monoisotopic (exact) mass is 347 g/mol. The summed E-state index contributed by atoms with van der Waals surface area (Å²) in [5.41, 5.74) is 4.18. The molecule has 0 bridgehead atoms. The third kappa shape index (κ3) is 2.69. The molecule has 1 amide bonds. The molecule has 0 radical (unpaired) electrons. The van der Waals surface area contributed by atoms with Gasteiger partial charge in [-0.15, -0.1) is 0 Å². The Labute approximate surface area is 149 Å². The maximum absolute atomic E-state index is 12.4. The molecule has 5 heteroatoms. The molecule has 1 N–H and O–H groups in total. The highest BCUT2D eigenvalue weighted by molar-refractivity contribution is 6.37. The number of hydrogen-bond acceptors (Lipinski definition) is 2. The first-order valence-corrected chi connectivity index (χ1v) is 8.33. The summed E-state index contributed by atoms with van der Waals surface area (Å²) < 4.78 is 2.05. The molecule has 122 valence electrons. The number of aryl methyl sites for hydroxylation is 1. The van der Waals surface area contributed by atoms with Gasteiger partial charge in [0.25, 0.3) is 5.91 Å². The highest BCUT2D eigenvalue weighted by atomic mass is 35.5. The number of fused-ring (bicyclic) bond motifs is 2. The molecule has 0 unspecified atom stereocenters. The summed E-state index contributed by atoms with van der Waals surface area (Å²) in [7, 11) is 0. The van der Waals surface area contributed by atoms with E-state index in [9.17, 15) is 4.79 Å². The van der Waals surface area contributed by atoms with E-state index in [0.717, 1.165) is 27.7 Å². The van der Waals surface area contributed by atoms with Crippen LogP contribution in [-0.4, -0.2) is 10.5 Å². The Morgan fingerprint density at radius 3 is 2.92 bits per heavy atom. The zero-order valence-corrected chi connectivity index (χ0v) is 14.0. The molecule has 1 aromatic heterocycles. The summed E-state index contributed by atoms with van der Waals surface area (Å²) >= 11 is 6.09. The molecule has 25 heavy (non-hydrogen) atoms. The molecular weight excluding hydrogens is 334 g/mol. The third-order valence-electron chi connectivity index (χ3n) is 4.35. The average molecular weight is 348 g/mol. The number of nitriles is 1. The fourth-order valence-electron chi connectivity index (χ4n) is 3.20. The van der Waals surface area contributed by atoms with E-state index >= 15 is 0 Å². The number of nitrogens with zero attached hydrogens (tertiary/aromatic N) is 2. The second-order valence-corrected chi connectivity index (χ2v) is 6.34. The van der Waals surface area contributed by atoms with Crippen molar-refractivity contribution in [2.75, 3.05) is 5.32 Å². The lowest BCUT2D eigenvalue weighted by atomic mass is 10.0. The molecule has 0 saturated heterocycles. The molecule has 2 heterocycles. The number of benzene rings is 2. The number of para-hydroxylation sites is 1. The largest absolute Gasteiger partial charge is 0.346 e. The maximum Gasteiger partial charge on any atom is 0.256 e. The van der Waals surface area contributed by atoms with Gasteiger partial charge in [0.1, 0.15) is 0 Å². The topological polar surface area (TPSA) is 57.8 Å². The Kier molecular flexibility index (Phi) is 3.79. The zero-order valence-electron chi connectivity index (χ0n) is 13.3. The Balaban J connectivity index is 1.86. The van der Waals surface area contributed by atoms with Crippen LogP contribution >= 0.6 is 11.6 Å². The molecule has 4 nitrogen and oxygen atoms in total. The molecule has 2 aromatic carbocycles. The van der Waals surface area contributed by atoms with E-state index in [4.69, 9.17) is 16.9 Å². The van der Waals surface area contributed by atoms with Crippen LogP contribution in [0.1, 0.15) is 17.5 Å². The van der Waals surface area contributed by atoms with Crippen LogP contribution in [0.2, 0.25) is 5.02 Å². The molecule has 0 saturated carbocycles. The van der Waals surface area contributed by atoms with Crippen molar-refractivity contribution < 1.29 is 4.79 Å². The van der Waals surface area contributed by atoms with Gasteiger partial charge >= 0.3 is 0 Å². The minimum absolute atomic E-state index is 0.133. The van der Waals surface area contributed by atoms with Crippen molar-refractivity contribution in [3.8, 4) is 6.07 Å². The third-order valence-corrected chi connectivity index (χ3v) is 4.58. The van der Waals surface area contributed by atoms with Crippen molar-refractivity contribution in [1.82, 2.24) is 4.57 Å². The number of anilines is 1. The number of carbonyl (C=O) groups excluding carboxylic acids is 1. The molecule has 0 fully saturated rings. The van der Waals surface area contributed by atoms with Gasteiger partial charge in [-0.1, -0.05) is 29.8 Å². The lowest BCUT2D eigenvalue weighted by Gasteiger charge is -2.00. The van der Waals surface area contributed by atoms with Crippen molar-refractivity contribution in [1.29, 1.82) is 5.26 Å². The van der Waals surface area contributed by atoms with Crippen LogP contribution in [0.15, 0.2) is 48.7 Å². The fraction of sp³-hybridized carbons (Fsp3) is 0.100. The minimum atomic E-state index is -0.133. The van der Waals surface area contributed by atoms with Gasteiger partial charge in [0, 0.05) is 51.1 Å². The lowest BCUT2D eigenvalue weighted by Crippen LogP contribution is -2.03. The highest BCUT2D eigenvalue weighted by Crippen LogP contribution is 2.36. The van der Waals surface area contributed by atoms with Gasteiger partial charge in [-0.3, -0.25) is 4.79 Å². The first-order chi connectivity index (χ1) is 12.2. The summed E-state index contributed by atoms with van der Waals surface area (Å²) in [6.45, 7) is 0.620. The Bertz CT molecular complexity index is 1070. The van der Waals surface area contributed by atoms with Gasteiger partial charge in [-0.05, 0) is 30.3 Å². The van der Waals surface area contributed by atoms with E-state index in [1.54, 1.807) is 12.1 Å². The fourth-order valence-corrected chi connectivity index (χ4v) is 3.38. The van der Waals surface area contributed by atoms with Gasteiger partial charge < -0.3 is 9.88 Å².